The standard InChI is InChI=1S/2C9H7.2C6H5.CH3.2BrH.Zr/c2*1-2-5-9-7-3-6-8(9)4-1;2*1-2-4-6-5-3-1;;;;/h2*1-7H;2*1-5H;1H3;2*1H;/q;;;;;;;+2/p-2. The number of hydrogen-bond donors (Lipinski definition) is 0. The number of benzene rings is 4. The topological polar surface area (TPSA) is 0 Å². The monoisotopic (exact) mass is 647 g/mol. The Morgan fingerprint density at radius 3 is 1.24 bits per heavy atom. The van der Waals surface area contributed by atoms with E-state index in [-0.39, 0.29) is 34.0 Å². The first kappa shape index (κ1) is 25.3. The zero-order valence-electron chi connectivity index (χ0n) is 19.1. The molecule has 0 spiro atoms. The van der Waals surface area contributed by atoms with Crippen LogP contribution in [0.1, 0.15) is 29.5 Å². The Morgan fingerprint density at radius 1 is 0.471 bits per heavy atom. The van der Waals surface area contributed by atoms with Crippen molar-refractivity contribution in [2.24, 2.45) is 0 Å². The Bertz CT molecular complexity index is 1250. The molecular formula is C31H27Br2Zr. The fraction of sp³-hybridized carbons (Fsp3) is 0.0968. The predicted molar refractivity (Wildman–Crippen MR) is 134 cm³/mol. The van der Waals surface area contributed by atoms with Gasteiger partial charge in [-0.05, 0) is 0 Å². The second-order valence-corrected chi connectivity index (χ2v) is 25.1. The summed E-state index contributed by atoms with van der Waals surface area (Å²) in [6.07, 6.45) is 9.80. The molecule has 0 saturated heterocycles. The molecule has 2 unspecified atom stereocenters. The second kappa shape index (κ2) is 9.69. The first-order valence-corrected chi connectivity index (χ1v) is 19.3. The van der Waals surface area contributed by atoms with Crippen LogP contribution in [0.3, 0.4) is 0 Å². The van der Waals surface area contributed by atoms with Gasteiger partial charge in [-0.3, -0.25) is 0 Å². The summed E-state index contributed by atoms with van der Waals surface area (Å²) in [5.74, 6) is 0. The molecule has 0 aromatic heterocycles. The van der Waals surface area contributed by atoms with Crippen LogP contribution in [0.25, 0.3) is 12.2 Å². The van der Waals surface area contributed by atoms with Crippen LogP contribution in [0.15, 0.2) is 121 Å². The fourth-order valence-corrected chi connectivity index (χ4v) is 25.4. The van der Waals surface area contributed by atoms with Crippen LogP contribution >= 0.6 is 0 Å². The third-order valence-electron chi connectivity index (χ3n) is 8.28. The molecule has 2 atom stereocenters. The van der Waals surface area contributed by atoms with E-state index < -0.39 is 18.8 Å². The molecule has 0 nitrogen and oxygen atoms in total. The quantitative estimate of drug-likeness (QED) is 0.309. The molecule has 0 bridgehead atoms. The van der Waals surface area contributed by atoms with E-state index in [2.05, 4.69) is 138 Å². The van der Waals surface area contributed by atoms with Crippen LogP contribution in [0.5, 0.6) is 0 Å². The van der Waals surface area contributed by atoms with Gasteiger partial charge >= 0.3 is 193 Å². The van der Waals surface area contributed by atoms with E-state index in [1.165, 1.54) is 22.3 Å². The van der Waals surface area contributed by atoms with Crippen LogP contribution < -0.4 is 40.5 Å². The Balaban J connectivity index is 0.00000137. The molecule has 0 amide bonds. The van der Waals surface area contributed by atoms with Gasteiger partial charge in [0, 0.05) is 0 Å². The van der Waals surface area contributed by atoms with E-state index in [9.17, 15) is 0 Å². The fourth-order valence-electron chi connectivity index (χ4n) is 6.64. The maximum atomic E-state index is 2.71. The third kappa shape index (κ3) is 3.47. The molecule has 0 aliphatic heterocycles. The van der Waals surface area contributed by atoms with Gasteiger partial charge in [-0.2, -0.15) is 0 Å². The molecule has 0 heterocycles. The van der Waals surface area contributed by atoms with Crippen LogP contribution in [0.2, 0.25) is 4.63 Å². The third-order valence-corrected chi connectivity index (χ3v) is 27.8. The SMILES string of the molecule is [Br-].[Br-].[CH3][Zr+2]([c]1ccccc1)([c]1ccccc1)([CH]1C=Cc2ccccc21)[CH]1C=Cc2ccccc21. The maximum absolute atomic E-state index is 4.17. The summed E-state index contributed by atoms with van der Waals surface area (Å²) in [7, 11) is 0. The summed E-state index contributed by atoms with van der Waals surface area (Å²) in [6, 6.07) is 41.0. The van der Waals surface area contributed by atoms with Crippen molar-refractivity contribution in [3.05, 3.63) is 144 Å². The van der Waals surface area contributed by atoms with Crippen molar-refractivity contribution in [2.75, 3.05) is 0 Å². The average molecular weight is 651 g/mol. The molecule has 0 N–H and O–H groups in total. The van der Waals surface area contributed by atoms with Crippen molar-refractivity contribution < 1.29 is 52.7 Å². The van der Waals surface area contributed by atoms with Crippen molar-refractivity contribution in [2.45, 2.75) is 11.9 Å². The zero-order chi connectivity index (χ0) is 21.6. The van der Waals surface area contributed by atoms with Crippen molar-refractivity contribution in [3.8, 4) is 0 Å². The van der Waals surface area contributed by atoms with E-state index in [0.29, 0.717) is 7.25 Å². The molecule has 0 radical (unpaired) electrons. The normalized spacial score (nSPS) is 17.9. The Hall–Kier alpha value is -1.80. The minimum absolute atomic E-state index is 0. The van der Waals surface area contributed by atoms with Gasteiger partial charge in [-0.15, -0.1) is 0 Å². The summed E-state index contributed by atoms with van der Waals surface area (Å²) >= 11 is -4.17. The van der Waals surface area contributed by atoms with Crippen molar-refractivity contribution in [1.29, 1.82) is 0 Å². The Morgan fingerprint density at radius 2 is 0.824 bits per heavy atom. The molecular weight excluding hydrogens is 623 g/mol. The molecule has 2 aliphatic carbocycles. The van der Waals surface area contributed by atoms with Gasteiger partial charge in [0.2, 0.25) is 0 Å². The molecule has 0 saturated carbocycles. The molecule has 4 aromatic rings. The zero-order valence-corrected chi connectivity index (χ0v) is 24.7. The van der Waals surface area contributed by atoms with Crippen molar-refractivity contribution in [1.82, 2.24) is 0 Å². The molecule has 3 heteroatoms. The summed E-state index contributed by atoms with van der Waals surface area (Å²) < 4.78 is 6.62. The van der Waals surface area contributed by atoms with E-state index in [1.54, 1.807) is 6.54 Å². The average Bonchev–Trinajstić information content (AvgIpc) is 3.50. The van der Waals surface area contributed by atoms with Crippen LogP contribution in [-0.4, -0.2) is 0 Å². The molecule has 6 rings (SSSR count). The van der Waals surface area contributed by atoms with Crippen LogP contribution in [-0.2, 0) is 18.8 Å². The van der Waals surface area contributed by atoms with Crippen LogP contribution in [0.4, 0.5) is 0 Å². The number of hydrogen-bond acceptors (Lipinski definition) is 0. The summed E-state index contributed by atoms with van der Waals surface area (Å²) in [5, 5.41) is 0. The van der Waals surface area contributed by atoms with Gasteiger partial charge in [0.05, 0.1) is 0 Å². The summed E-state index contributed by atoms with van der Waals surface area (Å²) in [4.78, 5) is 0. The number of halogens is 2. The van der Waals surface area contributed by atoms with Gasteiger partial charge in [0.15, 0.2) is 0 Å². The first-order valence-electron chi connectivity index (χ1n) is 11.5. The van der Waals surface area contributed by atoms with Gasteiger partial charge < -0.3 is 34.0 Å². The molecule has 169 valence electrons. The number of allylic oxidation sites excluding steroid dienone is 2. The van der Waals surface area contributed by atoms with Crippen molar-refractivity contribution in [3.63, 3.8) is 0 Å². The van der Waals surface area contributed by atoms with E-state index in [1.807, 2.05) is 0 Å². The van der Waals surface area contributed by atoms with Gasteiger partial charge in [-0.1, -0.05) is 0 Å². The van der Waals surface area contributed by atoms with E-state index in [0.717, 1.165) is 0 Å². The molecule has 34 heavy (non-hydrogen) atoms. The van der Waals surface area contributed by atoms with Crippen LogP contribution in [0, 0.1) is 0 Å². The Kier molecular flexibility index (Phi) is 7.21. The molecule has 4 aromatic carbocycles. The van der Waals surface area contributed by atoms with Crippen molar-refractivity contribution >= 4 is 18.7 Å². The van der Waals surface area contributed by atoms with E-state index in [4.69, 9.17) is 0 Å². The predicted octanol–water partition coefficient (Wildman–Crippen LogP) is 0.919. The number of rotatable bonds is 4. The number of fused-ring (bicyclic) bond motifs is 2. The molecule has 0 fully saturated rings. The van der Waals surface area contributed by atoms with Gasteiger partial charge in [0.25, 0.3) is 0 Å². The summed E-state index contributed by atoms with van der Waals surface area (Å²) in [5.41, 5.74) is 5.74. The summed E-state index contributed by atoms with van der Waals surface area (Å²) in [6.45, 7) is 0. The van der Waals surface area contributed by atoms with Gasteiger partial charge in [-0.25, -0.2) is 0 Å². The minimum atomic E-state index is -4.17. The van der Waals surface area contributed by atoms with Gasteiger partial charge in [0.1, 0.15) is 0 Å². The van der Waals surface area contributed by atoms with E-state index >= 15 is 0 Å². The Labute approximate surface area is 225 Å². The first-order chi connectivity index (χ1) is 15.7. The second-order valence-electron chi connectivity index (χ2n) is 9.61. The molecule has 2 aliphatic rings.